The summed E-state index contributed by atoms with van der Waals surface area (Å²) in [6.07, 6.45) is 8.53. The highest BCUT2D eigenvalue weighted by Crippen LogP contribution is 2.68. The van der Waals surface area contributed by atoms with Crippen molar-refractivity contribution in [1.82, 2.24) is 5.32 Å². The van der Waals surface area contributed by atoms with Crippen LogP contribution in [0.4, 0.5) is 0 Å². The smallest absolute Gasteiger partial charge is 0.306 e. The Labute approximate surface area is 258 Å². The van der Waals surface area contributed by atoms with Gasteiger partial charge in [0, 0.05) is 30.1 Å². The largest absolute Gasteiger partial charge is 0.481 e. The van der Waals surface area contributed by atoms with Crippen LogP contribution in [-0.4, -0.2) is 34.8 Å². The molecule has 232 valence electrons. The van der Waals surface area contributed by atoms with Crippen LogP contribution < -0.4 is 5.32 Å². The normalized spacial score (nSPS) is 36.3. The number of hydrogen-bond acceptors (Lipinski definition) is 6. The fraction of sp³-hybridized carbons (Fsp3) is 0.758. The van der Waals surface area contributed by atoms with Crippen molar-refractivity contribution in [2.24, 2.45) is 40.4 Å². The lowest BCUT2D eigenvalue weighted by molar-refractivity contribution is -0.190. The van der Waals surface area contributed by atoms with Gasteiger partial charge in [0.1, 0.15) is 11.9 Å². The molecule has 7 nitrogen and oxygen atoms in total. The van der Waals surface area contributed by atoms with Crippen LogP contribution in [0.2, 0.25) is 4.34 Å². The average Bonchev–Trinajstić information content (AvgIpc) is 3.52. The van der Waals surface area contributed by atoms with E-state index in [2.05, 4.69) is 26.1 Å². The molecule has 4 aliphatic carbocycles. The number of aliphatic carboxylic acids is 1. The van der Waals surface area contributed by atoms with Crippen LogP contribution in [0.15, 0.2) is 12.1 Å². The third-order valence-electron chi connectivity index (χ3n) is 11.9. The second kappa shape index (κ2) is 12.6. The Morgan fingerprint density at radius 1 is 1.10 bits per heavy atom. The van der Waals surface area contributed by atoms with Crippen molar-refractivity contribution < 1.29 is 29.0 Å². The van der Waals surface area contributed by atoms with Crippen LogP contribution in [0.5, 0.6) is 0 Å². The van der Waals surface area contributed by atoms with Crippen molar-refractivity contribution in [3.63, 3.8) is 0 Å². The molecule has 0 radical (unpaired) electrons. The monoisotopic (exact) mass is 619 g/mol. The van der Waals surface area contributed by atoms with Gasteiger partial charge in [-0.05, 0) is 98.0 Å². The molecule has 4 fully saturated rings. The standard InChI is InChI=1S/C33H46ClNO6S/c1-4-24(26-8-9-27(34)42-26)35-28(37)10-6-19-5-7-22-31-23(14-16-32(19,22)2)33(3)15-13-21(36)17-20(33)18-25(31)41-30(40)12-11-29(38)39/h8-9,19-20,22-25,31H,4-7,10-18H2,1-3H3,(H,35,37)(H,38,39)/t19-,20+,22+,23+,24-,25-,31+,32-,33+/m1/s1. The quantitative estimate of drug-likeness (QED) is 0.265. The molecular weight excluding hydrogens is 574 g/mol. The lowest BCUT2D eigenvalue weighted by Gasteiger charge is -2.62. The second-order valence-electron chi connectivity index (χ2n) is 13.9. The Morgan fingerprint density at radius 2 is 1.86 bits per heavy atom. The van der Waals surface area contributed by atoms with Gasteiger partial charge in [0.2, 0.25) is 5.91 Å². The van der Waals surface area contributed by atoms with Gasteiger partial charge in [-0.1, -0.05) is 32.4 Å². The summed E-state index contributed by atoms with van der Waals surface area (Å²) in [5, 5.41) is 12.3. The number of halogens is 1. The first-order valence-corrected chi connectivity index (χ1v) is 17.1. The molecule has 2 N–H and O–H groups in total. The average molecular weight is 620 g/mol. The van der Waals surface area contributed by atoms with Crippen molar-refractivity contribution in [2.45, 2.75) is 116 Å². The number of esters is 1. The highest BCUT2D eigenvalue weighted by atomic mass is 35.5. The van der Waals surface area contributed by atoms with Gasteiger partial charge in [0.05, 0.1) is 23.2 Å². The van der Waals surface area contributed by atoms with Crippen molar-refractivity contribution in [1.29, 1.82) is 0 Å². The predicted molar refractivity (Wildman–Crippen MR) is 162 cm³/mol. The van der Waals surface area contributed by atoms with Crippen LogP contribution >= 0.6 is 22.9 Å². The first-order valence-electron chi connectivity index (χ1n) is 15.9. The minimum absolute atomic E-state index is 0.0211. The first-order chi connectivity index (χ1) is 19.9. The van der Waals surface area contributed by atoms with E-state index in [1.807, 2.05) is 12.1 Å². The Balaban J connectivity index is 1.30. The zero-order valence-electron chi connectivity index (χ0n) is 25.2. The lowest BCUT2D eigenvalue weighted by atomic mass is 9.44. The summed E-state index contributed by atoms with van der Waals surface area (Å²) in [6, 6.07) is 3.85. The Bertz CT molecular complexity index is 1200. The van der Waals surface area contributed by atoms with E-state index in [0.29, 0.717) is 49.2 Å². The summed E-state index contributed by atoms with van der Waals surface area (Å²) in [5.41, 5.74) is 0.119. The molecule has 4 aliphatic rings. The van der Waals surface area contributed by atoms with Gasteiger partial charge < -0.3 is 15.2 Å². The molecule has 0 saturated heterocycles. The van der Waals surface area contributed by atoms with Crippen LogP contribution in [0, 0.1) is 40.4 Å². The summed E-state index contributed by atoms with van der Waals surface area (Å²) < 4.78 is 6.87. The summed E-state index contributed by atoms with van der Waals surface area (Å²) in [5.74, 6) is 0.535. The zero-order valence-corrected chi connectivity index (χ0v) is 26.7. The minimum atomic E-state index is -1.00. The van der Waals surface area contributed by atoms with Crippen LogP contribution in [0.1, 0.15) is 115 Å². The molecular formula is C33H46ClNO6S. The maximum atomic E-state index is 13.1. The Morgan fingerprint density at radius 3 is 2.55 bits per heavy atom. The molecule has 0 aromatic carbocycles. The van der Waals surface area contributed by atoms with E-state index in [4.69, 9.17) is 21.4 Å². The van der Waals surface area contributed by atoms with Gasteiger partial charge in [-0.15, -0.1) is 11.3 Å². The van der Waals surface area contributed by atoms with Crippen LogP contribution in [0.3, 0.4) is 0 Å². The van der Waals surface area contributed by atoms with Crippen LogP contribution in [0.25, 0.3) is 0 Å². The number of amides is 1. The topological polar surface area (TPSA) is 110 Å². The predicted octanol–water partition coefficient (Wildman–Crippen LogP) is 7.36. The fourth-order valence-electron chi connectivity index (χ4n) is 9.59. The van der Waals surface area contributed by atoms with E-state index < -0.39 is 11.9 Å². The van der Waals surface area contributed by atoms with Crippen molar-refractivity contribution >= 4 is 46.6 Å². The van der Waals surface area contributed by atoms with Gasteiger partial charge in [-0.25, -0.2) is 0 Å². The molecule has 1 aromatic rings. The number of Topliss-reactive ketones (excluding diaryl/α,β-unsaturated/α-hetero) is 1. The van der Waals surface area contributed by atoms with Crippen molar-refractivity contribution in [2.75, 3.05) is 0 Å². The van der Waals surface area contributed by atoms with E-state index in [1.165, 1.54) is 11.3 Å². The molecule has 4 saturated carbocycles. The number of thiophene rings is 1. The van der Waals surface area contributed by atoms with E-state index in [1.54, 1.807) is 0 Å². The molecule has 0 spiro atoms. The van der Waals surface area contributed by atoms with E-state index in [9.17, 15) is 19.2 Å². The molecule has 0 aliphatic heterocycles. The molecule has 0 bridgehead atoms. The van der Waals surface area contributed by atoms with Crippen LogP contribution in [-0.2, 0) is 23.9 Å². The molecule has 1 heterocycles. The molecule has 5 rings (SSSR count). The number of fused-ring (bicyclic) bond motifs is 5. The summed E-state index contributed by atoms with van der Waals surface area (Å²) in [4.78, 5) is 50.6. The SMILES string of the molecule is CC[C@@H](NC(=O)CC[C@H]1CC[C@H]2[C@@H]3[C@H](OC(=O)CCC(=O)O)C[C@@H]4CC(=O)CC[C@]4(C)[C@H]3CC[C@]12C)c1ccc(Cl)s1. The van der Waals surface area contributed by atoms with Gasteiger partial charge >= 0.3 is 11.9 Å². The zero-order chi connectivity index (χ0) is 30.2. The third-order valence-corrected chi connectivity index (χ3v) is 13.2. The third kappa shape index (κ3) is 6.17. The van der Waals surface area contributed by atoms with Crippen molar-refractivity contribution in [3.8, 4) is 0 Å². The van der Waals surface area contributed by atoms with Crippen molar-refractivity contribution in [3.05, 3.63) is 21.3 Å². The fourth-order valence-corrected chi connectivity index (χ4v) is 10.8. The number of ketones is 1. The number of carbonyl (C=O) groups is 4. The van der Waals surface area contributed by atoms with Gasteiger partial charge in [-0.2, -0.15) is 0 Å². The highest BCUT2D eigenvalue weighted by Gasteiger charge is 2.63. The molecule has 0 unspecified atom stereocenters. The number of nitrogens with one attached hydrogen (secondary N) is 1. The maximum absolute atomic E-state index is 13.1. The lowest BCUT2D eigenvalue weighted by Crippen LogP contribution is -2.59. The molecule has 9 atom stereocenters. The molecule has 9 heteroatoms. The number of carbonyl (C=O) groups excluding carboxylic acids is 3. The number of rotatable bonds is 10. The number of hydrogen-bond donors (Lipinski definition) is 2. The Hall–Kier alpha value is -1.93. The van der Waals surface area contributed by atoms with E-state index in [0.717, 1.165) is 54.2 Å². The highest BCUT2D eigenvalue weighted by molar-refractivity contribution is 7.16. The molecule has 42 heavy (non-hydrogen) atoms. The number of carboxylic acids is 1. The summed E-state index contributed by atoms with van der Waals surface area (Å²) in [7, 11) is 0. The van der Waals surface area contributed by atoms with Gasteiger partial charge in [0.15, 0.2) is 0 Å². The van der Waals surface area contributed by atoms with Gasteiger partial charge in [-0.3, -0.25) is 19.2 Å². The van der Waals surface area contributed by atoms with Gasteiger partial charge in [0.25, 0.3) is 0 Å². The number of carboxylic acid groups (broad SMARTS) is 1. The maximum Gasteiger partial charge on any atom is 0.306 e. The number of ether oxygens (including phenoxy) is 1. The Kier molecular flexibility index (Phi) is 9.44. The first kappa shape index (κ1) is 31.5. The van der Waals surface area contributed by atoms with E-state index >= 15 is 0 Å². The minimum Gasteiger partial charge on any atom is -0.481 e. The summed E-state index contributed by atoms with van der Waals surface area (Å²) in [6.45, 7) is 6.84. The second-order valence-corrected chi connectivity index (χ2v) is 15.7. The van der Waals surface area contributed by atoms with E-state index in [-0.39, 0.29) is 53.6 Å². The summed E-state index contributed by atoms with van der Waals surface area (Å²) >= 11 is 7.65. The molecule has 1 aromatic heterocycles. The molecule has 1 amide bonds.